The molecule has 0 aliphatic carbocycles. The molecule has 6 nitrogen and oxygen atoms in total. The Bertz CT molecular complexity index is 1300. The summed E-state index contributed by atoms with van der Waals surface area (Å²) in [6, 6.07) is 6.61. The van der Waals surface area contributed by atoms with Crippen LogP contribution in [0.1, 0.15) is 17.5 Å². The lowest BCUT2D eigenvalue weighted by atomic mass is 9.94. The highest BCUT2D eigenvalue weighted by Crippen LogP contribution is 2.32. The van der Waals surface area contributed by atoms with Gasteiger partial charge in [-0.25, -0.2) is 22.2 Å². The molecule has 1 aromatic heterocycles. The first-order valence-corrected chi connectivity index (χ1v) is 12.8. The molecule has 0 saturated carbocycles. The largest absolute Gasteiger partial charge is 0.490 e. The molecule has 1 atom stereocenters. The lowest BCUT2D eigenvalue weighted by molar-refractivity contribution is 0.287. The van der Waals surface area contributed by atoms with E-state index < -0.39 is 20.7 Å². The summed E-state index contributed by atoms with van der Waals surface area (Å²) in [5.74, 6) is -1.17. The molecule has 0 fully saturated rings. The van der Waals surface area contributed by atoms with E-state index in [4.69, 9.17) is 16.3 Å². The van der Waals surface area contributed by atoms with Crippen molar-refractivity contribution in [2.45, 2.75) is 24.3 Å². The molecule has 0 radical (unpaired) electrons. The van der Waals surface area contributed by atoms with Crippen LogP contribution in [-0.2, 0) is 10.0 Å². The minimum absolute atomic E-state index is 0.0174. The normalized spacial score (nSPS) is 16.4. The van der Waals surface area contributed by atoms with Gasteiger partial charge in [-0.15, -0.1) is 11.3 Å². The van der Waals surface area contributed by atoms with E-state index in [0.29, 0.717) is 5.56 Å². The maximum Gasteiger partial charge on any atom is 0.266 e. The van der Waals surface area contributed by atoms with Gasteiger partial charge >= 0.3 is 0 Å². The summed E-state index contributed by atoms with van der Waals surface area (Å²) in [6.07, 6.45) is 2.86. The second-order valence-electron chi connectivity index (χ2n) is 7.42. The van der Waals surface area contributed by atoms with Gasteiger partial charge in [-0.05, 0) is 54.8 Å². The number of rotatable bonds is 7. The summed E-state index contributed by atoms with van der Waals surface area (Å²) in [5, 5.41) is 4.77. The highest BCUT2D eigenvalue weighted by molar-refractivity contribution is 7.92. The van der Waals surface area contributed by atoms with Gasteiger partial charge in [0.2, 0.25) is 0 Å². The third kappa shape index (κ3) is 5.35. The Balaban J connectivity index is 1.52. The van der Waals surface area contributed by atoms with Gasteiger partial charge in [-0.3, -0.25) is 4.72 Å². The minimum atomic E-state index is -4.21. The first kappa shape index (κ1) is 23.6. The zero-order chi connectivity index (χ0) is 23.6. The van der Waals surface area contributed by atoms with Crippen molar-refractivity contribution in [3.8, 4) is 5.75 Å². The van der Waals surface area contributed by atoms with Crippen molar-refractivity contribution in [3.05, 3.63) is 75.1 Å². The van der Waals surface area contributed by atoms with E-state index in [1.165, 1.54) is 28.3 Å². The highest BCUT2D eigenvalue weighted by Gasteiger charge is 2.24. The number of benzene rings is 2. The molecule has 3 aromatic rings. The maximum atomic E-state index is 14.7. The van der Waals surface area contributed by atoms with Gasteiger partial charge in [0.25, 0.3) is 10.0 Å². The van der Waals surface area contributed by atoms with Crippen LogP contribution >= 0.6 is 22.9 Å². The van der Waals surface area contributed by atoms with Gasteiger partial charge in [-0.1, -0.05) is 23.7 Å². The zero-order valence-electron chi connectivity index (χ0n) is 17.4. The molecule has 2 N–H and O–H groups in total. The van der Waals surface area contributed by atoms with E-state index in [0.717, 1.165) is 36.2 Å². The highest BCUT2D eigenvalue weighted by atomic mass is 35.5. The molecule has 2 aromatic carbocycles. The lowest BCUT2D eigenvalue weighted by Gasteiger charge is -2.26. The summed E-state index contributed by atoms with van der Waals surface area (Å²) in [7, 11) is -4.21. The number of hydrogen-bond acceptors (Lipinski definition) is 6. The Morgan fingerprint density at radius 3 is 2.82 bits per heavy atom. The number of thiazole rings is 1. The SMILES string of the molecule is Cc1cc(C2=CCCNC2COc2cc(F)c(S(=O)(=O)Nc3cscn3)cc2Cl)ccc1F. The molecular weight excluding hydrogens is 492 g/mol. The van der Waals surface area contributed by atoms with E-state index in [1.807, 2.05) is 0 Å². The molecule has 174 valence electrons. The van der Waals surface area contributed by atoms with E-state index in [9.17, 15) is 17.2 Å². The quantitative estimate of drug-likeness (QED) is 0.466. The Morgan fingerprint density at radius 2 is 2.09 bits per heavy atom. The van der Waals surface area contributed by atoms with Crippen molar-refractivity contribution in [2.24, 2.45) is 0 Å². The van der Waals surface area contributed by atoms with Crippen LogP contribution < -0.4 is 14.8 Å². The molecule has 1 aliphatic rings. The van der Waals surface area contributed by atoms with E-state index in [1.54, 1.807) is 19.1 Å². The Kier molecular flexibility index (Phi) is 6.99. The van der Waals surface area contributed by atoms with Crippen molar-refractivity contribution in [1.29, 1.82) is 0 Å². The number of anilines is 1. The summed E-state index contributed by atoms with van der Waals surface area (Å²) < 4.78 is 61.4. The Hall–Kier alpha value is -2.53. The third-order valence-corrected chi connectivity index (χ3v) is 7.37. The summed E-state index contributed by atoms with van der Waals surface area (Å²) >= 11 is 7.42. The monoisotopic (exact) mass is 511 g/mol. The summed E-state index contributed by atoms with van der Waals surface area (Å²) in [6.45, 7) is 2.53. The fourth-order valence-electron chi connectivity index (χ4n) is 3.49. The van der Waals surface area contributed by atoms with Gasteiger partial charge in [-0.2, -0.15) is 0 Å². The van der Waals surface area contributed by atoms with Crippen molar-refractivity contribution in [2.75, 3.05) is 17.9 Å². The van der Waals surface area contributed by atoms with Crippen molar-refractivity contribution < 1.29 is 21.9 Å². The average Bonchev–Trinajstić information content (AvgIpc) is 3.28. The van der Waals surface area contributed by atoms with Gasteiger partial charge in [0.15, 0.2) is 5.82 Å². The molecule has 33 heavy (non-hydrogen) atoms. The molecule has 0 saturated heterocycles. The van der Waals surface area contributed by atoms with Crippen LogP contribution in [-0.4, -0.2) is 32.6 Å². The standard InChI is InChI=1S/C22H20ClF2N3O3S2/c1-13-7-14(4-5-17(13)24)15-3-2-6-26-19(15)10-31-20-9-18(25)21(8-16(20)23)33(29,30)28-22-11-32-12-27-22/h3-5,7-9,11-12,19,26,28H,2,6,10H2,1H3. The van der Waals surface area contributed by atoms with Gasteiger partial charge < -0.3 is 10.1 Å². The van der Waals surface area contributed by atoms with Crippen LogP contribution in [0.5, 0.6) is 5.75 Å². The van der Waals surface area contributed by atoms with Gasteiger partial charge in [0, 0.05) is 11.4 Å². The molecular formula is C22H20ClF2N3O3S2. The maximum absolute atomic E-state index is 14.7. The third-order valence-electron chi connectivity index (χ3n) is 5.12. The van der Waals surface area contributed by atoms with E-state index in [-0.39, 0.29) is 35.1 Å². The first-order chi connectivity index (χ1) is 15.7. The fraction of sp³-hybridized carbons (Fsp3) is 0.227. The summed E-state index contributed by atoms with van der Waals surface area (Å²) in [4.78, 5) is 3.23. The van der Waals surface area contributed by atoms with Crippen LogP contribution in [0.4, 0.5) is 14.6 Å². The van der Waals surface area contributed by atoms with Crippen molar-refractivity contribution in [1.82, 2.24) is 10.3 Å². The first-order valence-electron chi connectivity index (χ1n) is 9.97. The molecule has 4 rings (SSSR count). The van der Waals surface area contributed by atoms with Crippen LogP contribution in [0.15, 0.2) is 52.2 Å². The topological polar surface area (TPSA) is 80.3 Å². The number of sulfonamides is 1. The molecule has 11 heteroatoms. The molecule has 1 aliphatic heterocycles. The van der Waals surface area contributed by atoms with Crippen LogP contribution in [0.25, 0.3) is 5.57 Å². The van der Waals surface area contributed by atoms with Crippen molar-refractivity contribution >= 4 is 44.4 Å². The van der Waals surface area contributed by atoms with Gasteiger partial charge in [0.05, 0.1) is 16.6 Å². The summed E-state index contributed by atoms with van der Waals surface area (Å²) in [5.41, 5.74) is 3.79. The number of nitrogens with one attached hydrogen (secondary N) is 2. The second-order valence-corrected chi connectivity index (χ2v) is 10.2. The number of aromatic nitrogens is 1. The Morgan fingerprint density at radius 1 is 1.27 bits per heavy atom. The second kappa shape index (κ2) is 9.76. The molecule has 2 heterocycles. The molecule has 0 spiro atoms. The minimum Gasteiger partial charge on any atom is -0.490 e. The van der Waals surface area contributed by atoms with Crippen LogP contribution in [0.3, 0.4) is 0 Å². The fourth-order valence-corrected chi connectivity index (χ4v) is 5.41. The van der Waals surface area contributed by atoms with Crippen LogP contribution in [0.2, 0.25) is 5.02 Å². The Labute approximate surface area is 199 Å². The number of ether oxygens (including phenoxy) is 1. The van der Waals surface area contributed by atoms with Crippen LogP contribution in [0, 0.1) is 18.6 Å². The predicted molar refractivity (Wildman–Crippen MR) is 125 cm³/mol. The average molecular weight is 512 g/mol. The number of halogens is 3. The van der Waals surface area contributed by atoms with Gasteiger partial charge in [0.1, 0.15) is 28.9 Å². The smallest absolute Gasteiger partial charge is 0.266 e. The number of hydrogen-bond donors (Lipinski definition) is 2. The van der Waals surface area contributed by atoms with Crippen molar-refractivity contribution in [3.63, 3.8) is 0 Å². The predicted octanol–water partition coefficient (Wildman–Crippen LogP) is 5.01. The number of nitrogens with zero attached hydrogens (tertiary/aromatic N) is 1. The molecule has 1 unspecified atom stereocenters. The molecule has 0 amide bonds. The number of aryl methyl sites for hydroxylation is 1. The lowest BCUT2D eigenvalue weighted by Crippen LogP contribution is -2.38. The van der Waals surface area contributed by atoms with E-state index >= 15 is 0 Å². The zero-order valence-corrected chi connectivity index (χ0v) is 19.8. The molecule has 0 bridgehead atoms. The van der Waals surface area contributed by atoms with E-state index in [2.05, 4.69) is 21.1 Å².